The van der Waals surface area contributed by atoms with E-state index in [1.165, 1.54) is 0 Å². The van der Waals surface area contributed by atoms with E-state index in [1.54, 1.807) is 0 Å². The molecule has 1 heterocycles. The van der Waals surface area contributed by atoms with Crippen molar-refractivity contribution in [2.24, 2.45) is 0 Å². The molecular weight excluding hydrogens is 430 g/mol. The van der Waals surface area contributed by atoms with Crippen molar-refractivity contribution in [3.05, 3.63) is 43.4 Å². The molecule has 0 saturated carbocycles. The zero-order valence-corrected chi connectivity index (χ0v) is 12.3. The third kappa shape index (κ3) is 1.78. The van der Waals surface area contributed by atoms with Crippen molar-refractivity contribution in [3.63, 3.8) is 0 Å². The van der Waals surface area contributed by atoms with Crippen LogP contribution in [0.4, 0.5) is 0 Å². The lowest BCUT2D eigenvalue weighted by Crippen LogP contribution is -1.71. The van der Waals surface area contributed by atoms with Crippen molar-refractivity contribution in [1.82, 2.24) is 0 Å². The van der Waals surface area contributed by atoms with Crippen LogP contribution in [0.25, 0.3) is 20.2 Å². The predicted octanol–water partition coefficient (Wildman–Crippen LogP) is 5.26. The lowest BCUT2D eigenvalue weighted by atomic mass is 10.2. The van der Waals surface area contributed by atoms with E-state index in [9.17, 15) is 0 Å². The van der Waals surface area contributed by atoms with E-state index in [0.717, 1.165) is 11.3 Å². The van der Waals surface area contributed by atoms with Crippen molar-refractivity contribution >= 4 is 76.7 Å². The van der Waals surface area contributed by atoms with Crippen LogP contribution in [-0.2, 0) is 0 Å². The predicted molar refractivity (Wildman–Crippen MR) is 84.8 cm³/mol. The molecule has 74 valence electrons. The van der Waals surface area contributed by atoms with Gasteiger partial charge in [0.1, 0.15) is 0 Å². The molecule has 0 aliphatic carbocycles. The van der Waals surface area contributed by atoms with Gasteiger partial charge in [-0.25, -0.2) is 0 Å². The molecule has 0 radical (unpaired) electrons. The summed E-state index contributed by atoms with van der Waals surface area (Å²) < 4.78 is 50.0. The zero-order valence-electron chi connectivity index (χ0n) is 13.2. The van der Waals surface area contributed by atoms with Gasteiger partial charge < -0.3 is 0 Å². The number of halogens is 2. The third-order valence-electron chi connectivity index (χ3n) is 1.95. The Morgan fingerprint density at radius 1 is 0.867 bits per heavy atom. The number of rotatable bonds is 0. The summed E-state index contributed by atoms with van der Waals surface area (Å²) in [4.78, 5) is 0. The molecule has 2 aromatic carbocycles. The fourth-order valence-electron chi connectivity index (χ4n) is 1.35. The van der Waals surface area contributed by atoms with Gasteiger partial charge in [0.05, 0.1) is 8.22 Å². The van der Waals surface area contributed by atoms with Gasteiger partial charge in [-0.05, 0) is 81.4 Å². The average molecular weight is 442 g/mol. The van der Waals surface area contributed by atoms with Gasteiger partial charge in [0.25, 0.3) is 0 Å². The van der Waals surface area contributed by atoms with E-state index < -0.39 is 0 Å². The molecule has 15 heavy (non-hydrogen) atoms. The quantitative estimate of drug-likeness (QED) is 0.417. The van der Waals surface area contributed by atoms with Gasteiger partial charge in [-0.15, -0.1) is 11.3 Å². The van der Waals surface area contributed by atoms with Crippen molar-refractivity contribution in [2.45, 2.75) is 0 Å². The molecule has 0 spiro atoms. The van der Waals surface area contributed by atoms with Crippen LogP contribution in [0.1, 0.15) is 8.22 Å². The highest BCUT2D eigenvalue weighted by molar-refractivity contribution is 14.1. The summed E-state index contributed by atoms with van der Waals surface area (Å²) >= 11 is 4.87. The fraction of sp³-hybridized carbons (Fsp3) is 0. The second kappa shape index (κ2) is 3.85. The van der Waals surface area contributed by atoms with Gasteiger partial charge in [0.15, 0.2) is 0 Å². The molecule has 0 bridgehead atoms. The van der Waals surface area contributed by atoms with E-state index in [4.69, 9.17) is 8.22 Å². The number of thiophene rings is 1. The smallest absolute Gasteiger partial charge is 0.0641 e. The van der Waals surface area contributed by atoms with Gasteiger partial charge in [-0.2, -0.15) is 0 Å². The Morgan fingerprint density at radius 2 is 1.33 bits per heavy atom. The molecule has 1 aromatic heterocycles. The molecule has 0 saturated heterocycles. The zero-order chi connectivity index (χ0) is 15.6. The molecule has 0 amide bonds. The molecule has 0 aliphatic rings. The summed E-state index contributed by atoms with van der Waals surface area (Å²) in [5, 5.41) is 0.911. The summed E-state index contributed by atoms with van der Waals surface area (Å²) in [6, 6.07) is 0.287. The van der Waals surface area contributed by atoms with E-state index in [-0.39, 0.29) is 36.3 Å². The van der Waals surface area contributed by atoms with E-state index in [2.05, 4.69) is 0 Å². The Labute approximate surface area is 127 Å². The molecule has 3 aromatic rings. The van der Waals surface area contributed by atoms with Crippen molar-refractivity contribution in [1.29, 1.82) is 0 Å². The first-order chi connectivity index (χ1) is 9.77. The Hall–Kier alpha value is 0.120. The van der Waals surface area contributed by atoms with Crippen LogP contribution in [0.3, 0.4) is 0 Å². The minimum absolute atomic E-state index is 0.00138. The molecule has 3 rings (SSSR count). The van der Waals surface area contributed by atoms with Crippen LogP contribution in [0, 0.1) is 7.14 Å². The largest absolute Gasteiger partial charge is 0.135 e. The topological polar surface area (TPSA) is 0 Å². The summed E-state index contributed by atoms with van der Waals surface area (Å²) in [5.74, 6) is 0. The molecule has 0 N–H and O–H groups in total. The Balaban J connectivity index is 2.73. The highest BCUT2D eigenvalue weighted by atomic mass is 127. The van der Waals surface area contributed by atoms with Crippen LogP contribution in [-0.4, -0.2) is 0 Å². The van der Waals surface area contributed by atoms with Gasteiger partial charge in [-0.3, -0.25) is 0 Å². The second-order valence-electron chi connectivity index (χ2n) is 2.89. The normalized spacial score (nSPS) is 16.9. The van der Waals surface area contributed by atoms with Gasteiger partial charge in [-0.1, -0.05) is 0 Å². The first kappa shape index (κ1) is 5.64. The Morgan fingerprint density at radius 3 is 1.80 bits per heavy atom. The van der Waals surface area contributed by atoms with Crippen LogP contribution < -0.4 is 0 Å². The lowest BCUT2D eigenvalue weighted by molar-refractivity contribution is 1.74. The van der Waals surface area contributed by atoms with Gasteiger partial charge >= 0.3 is 0 Å². The lowest BCUT2D eigenvalue weighted by Gasteiger charge is -1.93. The molecule has 3 heteroatoms. The minimum atomic E-state index is -0.00138. The third-order valence-corrected chi connectivity index (χ3v) is 4.05. The summed E-state index contributed by atoms with van der Waals surface area (Å²) in [6.07, 6.45) is 0. The molecule has 0 nitrogen and oxygen atoms in total. The molecule has 0 atom stereocenters. The molecular formula is C12H6I2S. The van der Waals surface area contributed by atoms with Crippen molar-refractivity contribution in [3.8, 4) is 0 Å². The van der Waals surface area contributed by atoms with Crippen LogP contribution >= 0.6 is 56.5 Å². The SMILES string of the molecule is [2H]c1c(I)c([2H])c2c(sc3c([2H])c([2H])c(I)c([2H])c32)c1[2H]. The second-order valence-corrected chi connectivity index (χ2v) is 6.07. The highest BCUT2D eigenvalue weighted by Gasteiger charge is 2.05. The van der Waals surface area contributed by atoms with Crippen molar-refractivity contribution < 1.29 is 8.22 Å². The highest BCUT2D eigenvalue weighted by Crippen LogP contribution is 2.35. The van der Waals surface area contributed by atoms with E-state index >= 15 is 0 Å². The summed E-state index contributed by atoms with van der Waals surface area (Å²) in [6.45, 7) is 0. The van der Waals surface area contributed by atoms with E-state index in [1.807, 2.05) is 45.2 Å². The Kier molecular flexibility index (Phi) is 1.45. The summed E-state index contributed by atoms with van der Waals surface area (Å²) in [7, 11) is 0. The molecule has 0 aliphatic heterocycles. The monoisotopic (exact) mass is 442 g/mol. The van der Waals surface area contributed by atoms with E-state index in [0.29, 0.717) is 27.3 Å². The minimum Gasteiger partial charge on any atom is -0.135 e. The fourth-order valence-corrected chi connectivity index (χ4v) is 3.08. The number of fused-ring (bicyclic) bond motifs is 3. The maximum atomic E-state index is 8.22. The van der Waals surface area contributed by atoms with Crippen LogP contribution in [0.2, 0.25) is 0 Å². The van der Waals surface area contributed by atoms with Crippen LogP contribution in [0.5, 0.6) is 0 Å². The van der Waals surface area contributed by atoms with Crippen LogP contribution in [0.15, 0.2) is 36.3 Å². The maximum Gasteiger partial charge on any atom is 0.0641 e. The standard InChI is InChI=1S/C12H6I2S/c13-7-1-3-11-9(5-7)10-6-8(14)2-4-12(10)15-11/h1-6H/i1D,2D,3D,4D,5D,6D. The average Bonchev–Trinajstić information content (AvgIpc) is 2.87. The number of hydrogen-bond donors (Lipinski definition) is 0. The van der Waals surface area contributed by atoms with Gasteiger partial charge in [0.2, 0.25) is 0 Å². The first-order valence-corrected chi connectivity index (χ1v) is 7.01. The summed E-state index contributed by atoms with van der Waals surface area (Å²) in [5.41, 5.74) is 0. The van der Waals surface area contributed by atoms with Crippen molar-refractivity contribution in [2.75, 3.05) is 0 Å². The number of hydrogen-bond acceptors (Lipinski definition) is 1. The number of benzene rings is 2. The molecule has 0 unspecified atom stereocenters. The Bertz CT molecular complexity index is 859. The first-order valence-electron chi connectivity index (χ1n) is 7.04. The maximum absolute atomic E-state index is 8.22. The molecule has 0 fully saturated rings. The van der Waals surface area contributed by atoms with Gasteiger partial charge in [0, 0.05) is 27.3 Å².